The highest BCUT2D eigenvalue weighted by Crippen LogP contribution is 2.24. The summed E-state index contributed by atoms with van der Waals surface area (Å²) in [6.45, 7) is 3.72. The first kappa shape index (κ1) is 16.3. The zero-order valence-electron chi connectivity index (χ0n) is 12.0. The largest absolute Gasteiger partial charge is 0.316 e. The van der Waals surface area contributed by atoms with E-state index in [4.69, 9.17) is 23.2 Å². The predicted molar refractivity (Wildman–Crippen MR) is 89.6 cm³/mol. The van der Waals surface area contributed by atoms with Gasteiger partial charge in [-0.15, -0.1) is 0 Å². The average Bonchev–Trinajstić information content (AvgIpc) is 2.46. The van der Waals surface area contributed by atoms with Crippen LogP contribution in [0.3, 0.4) is 0 Å². The lowest BCUT2D eigenvalue weighted by atomic mass is 10.2. The number of hydrogen-bond acceptors (Lipinski definition) is 2. The van der Waals surface area contributed by atoms with Gasteiger partial charge in [-0.3, -0.25) is 9.59 Å². The first-order chi connectivity index (χ1) is 10.4. The van der Waals surface area contributed by atoms with E-state index in [1.54, 1.807) is 24.3 Å². The van der Waals surface area contributed by atoms with E-state index in [-0.39, 0.29) is 0 Å². The first-order valence-corrected chi connectivity index (χ1v) is 7.27. The van der Waals surface area contributed by atoms with Gasteiger partial charge in [-0.2, -0.15) is 0 Å². The molecule has 0 saturated carbocycles. The molecule has 2 amide bonds. The maximum atomic E-state index is 12.0. The molecule has 0 spiro atoms. The summed E-state index contributed by atoms with van der Waals surface area (Å²) >= 11 is 12.0. The van der Waals surface area contributed by atoms with Crippen molar-refractivity contribution in [2.45, 2.75) is 13.8 Å². The minimum atomic E-state index is -0.815. The third-order valence-corrected chi connectivity index (χ3v) is 3.61. The Hall–Kier alpha value is -2.04. The molecule has 2 aromatic carbocycles. The Bertz CT molecular complexity index is 681. The summed E-state index contributed by atoms with van der Waals surface area (Å²) in [6.07, 6.45) is 0. The molecule has 0 fully saturated rings. The van der Waals surface area contributed by atoms with Crippen LogP contribution in [0.25, 0.3) is 0 Å². The summed E-state index contributed by atoms with van der Waals surface area (Å²) in [5.74, 6) is -1.63. The Balaban J connectivity index is 2.11. The van der Waals surface area contributed by atoms with Gasteiger partial charge in [0.1, 0.15) is 0 Å². The van der Waals surface area contributed by atoms with E-state index in [9.17, 15) is 9.59 Å². The minimum absolute atomic E-state index is 0.361. The van der Waals surface area contributed by atoms with Crippen LogP contribution >= 0.6 is 23.2 Å². The van der Waals surface area contributed by atoms with Crippen molar-refractivity contribution in [2.75, 3.05) is 10.6 Å². The second-order valence-corrected chi connectivity index (χ2v) is 5.69. The lowest BCUT2D eigenvalue weighted by Gasteiger charge is -2.10. The summed E-state index contributed by atoms with van der Waals surface area (Å²) in [5.41, 5.74) is 2.61. The molecule has 0 aromatic heterocycles. The molecule has 2 rings (SSSR count). The molecule has 4 nitrogen and oxygen atoms in total. The Morgan fingerprint density at radius 2 is 1.14 bits per heavy atom. The molecular formula is C16H14Cl2N2O2. The second kappa shape index (κ2) is 6.81. The van der Waals surface area contributed by atoms with Crippen molar-refractivity contribution in [1.82, 2.24) is 0 Å². The number of hydrogen-bond donors (Lipinski definition) is 2. The molecular weight excluding hydrogens is 323 g/mol. The fourth-order valence-electron chi connectivity index (χ4n) is 1.83. The smallest absolute Gasteiger partial charge is 0.314 e. The number of amides is 2. The van der Waals surface area contributed by atoms with E-state index in [0.717, 1.165) is 11.1 Å². The molecule has 22 heavy (non-hydrogen) atoms. The van der Waals surface area contributed by atoms with E-state index in [0.29, 0.717) is 21.4 Å². The number of aryl methyl sites for hydroxylation is 2. The average molecular weight is 337 g/mol. The van der Waals surface area contributed by atoms with Crippen LogP contribution < -0.4 is 10.6 Å². The molecule has 114 valence electrons. The first-order valence-electron chi connectivity index (χ1n) is 6.51. The number of anilines is 2. The minimum Gasteiger partial charge on any atom is -0.316 e. The molecule has 0 aliphatic heterocycles. The number of rotatable bonds is 2. The number of benzene rings is 2. The third-order valence-electron chi connectivity index (χ3n) is 2.95. The van der Waals surface area contributed by atoms with Gasteiger partial charge in [0, 0.05) is 0 Å². The number of halogens is 2. The van der Waals surface area contributed by atoms with Gasteiger partial charge in [0.05, 0.1) is 21.4 Å². The van der Waals surface area contributed by atoms with E-state index in [2.05, 4.69) is 10.6 Å². The quantitative estimate of drug-likeness (QED) is 0.808. The number of carbonyl (C=O) groups excluding carboxylic acids is 2. The molecule has 0 bridgehead atoms. The summed E-state index contributed by atoms with van der Waals surface area (Å²) in [6, 6.07) is 10.3. The Morgan fingerprint density at radius 1 is 0.773 bits per heavy atom. The third kappa shape index (κ3) is 4.00. The summed E-state index contributed by atoms with van der Waals surface area (Å²) in [4.78, 5) is 23.9. The highest BCUT2D eigenvalue weighted by molar-refractivity contribution is 6.45. The summed E-state index contributed by atoms with van der Waals surface area (Å²) < 4.78 is 0. The molecule has 0 atom stereocenters. The standard InChI is InChI=1S/C16H14Cl2N2O2/c1-9-3-5-11(17)13(7-9)19-15(21)16(22)20-14-8-10(2)4-6-12(14)18/h3-8H,1-2H3,(H,19,21)(H,20,22). The zero-order chi connectivity index (χ0) is 16.3. The Kier molecular flexibility index (Phi) is 5.06. The monoisotopic (exact) mass is 336 g/mol. The van der Waals surface area contributed by atoms with Crippen LogP contribution in [0.15, 0.2) is 36.4 Å². The highest BCUT2D eigenvalue weighted by Gasteiger charge is 2.16. The van der Waals surface area contributed by atoms with Gasteiger partial charge in [0.15, 0.2) is 0 Å². The predicted octanol–water partition coefficient (Wildman–Crippen LogP) is 4.19. The van der Waals surface area contributed by atoms with Crippen molar-refractivity contribution in [3.05, 3.63) is 57.6 Å². The topological polar surface area (TPSA) is 58.2 Å². The molecule has 0 heterocycles. The molecule has 0 aliphatic carbocycles. The fourth-order valence-corrected chi connectivity index (χ4v) is 2.16. The molecule has 0 unspecified atom stereocenters. The molecule has 2 aromatic rings. The van der Waals surface area contributed by atoms with E-state index in [1.807, 2.05) is 26.0 Å². The van der Waals surface area contributed by atoms with Gasteiger partial charge in [-0.25, -0.2) is 0 Å². The highest BCUT2D eigenvalue weighted by atomic mass is 35.5. The van der Waals surface area contributed by atoms with Crippen LogP contribution in [0.2, 0.25) is 10.0 Å². The Morgan fingerprint density at radius 3 is 1.50 bits per heavy atom. The maximum Gasteiger partial charge on any atom is 0.314 e. The normalized spacial score (nSPS) is 10.2. The molecule has 6 heteroatoms. The van der Waals surface area contributed by atoms with Crippen LogP contribution in [0.4, 0.5) is 11.4 Å². The molecule has 0 aliphatic rings. The van der Waals surface area contributed by atoms with Crippen LogP contribution in [0, 0.1) is 13.8 Å². The van der Waals surface area contributed by atoms with Gasteiger partial charge >= 0.3 is 11.8 Å². The second-order valence-electron chi connectivity index (χ2n) is 4.87. The molecule has 0 saturated heterocycles. The summed E-state index contributed by atoms with van der Waals surface area (Å²) in [5, 5.41) is 5.68. The lowest BCUT2D eigenvalue weighted by molar-refractivity contribution is -0.132. The van der Waals surface area contributed by atoms with Crippen LogP contribution in [-0.4, -0.2) is 11.8 Å². The van der Waals surface area contributed by atoms with Crippen LogP contribution in [0.5, 0.6) is 0 Å². The van der Waals surface area contributed by atoms with Crippen molar-refractivity contribution in [3.8, 4) is 0 Å². The van der Waals surface area contributed by atoms with Gasteiger partial charge in [0.25, 0.3) is 0 Å². The van der Waals surface area contributed by atoms with Crippen molar-refractivity contribution in [2.24, 2.45) is 0 Å². The van der Waals surface area contributed by atoms with Crippen molar-refractivity contribution < 1.29 is 9.59 Å². The van der Waals surface area contributed by atoms with E-state index < -0.39 is 11.8 Å². The fraction of sp³-hybridized carbons (Fsp3) is 0.125. The Labute approximate surface area is 138 Å². The molecule has 0 radical (unpaired) electrons. The SMILES string of the molecule is Cc1ccc(Cl)c(NC(=O)C(=O)Nc2cc(C)ccc2Cl)c1. The number of carbonyl (C=O) groups is 2. The van der Waals surface area contributed by atoms with Gasteiger partial charge in [0.2, 0.25) is 0 Å². The van der Waals surface area contributed by atoms with Gasteiger partial charge in [-0.1, -0.05) is 35.3 Å². The van der Waals surface area contributed by atoms with Crippen LogP contribution in [0.1, 0.15) is 11.1 Å². The van der Waals surface area contributed by atoms with Crippen molar-refractivity contribution in [3.63, 3.8) is 0 Å². The van der Waals surface area contributed by atoms with Gasteiger partial charge < -0.3 is 10.6 Å². The van der Waals surface area contributed by atoms with Gasteiger partial charge in [-0.05, 0) is 49.2 Å². The van der Waals surface area contributed by atoms with Crippen LogP contribution in [-0.2, 0) is 9.59 Å². The lowest BCUT2D eigenvalue weighted by Crippen LogP contribution is -2.29. The number of nitrogens with one attached hydrogen (secondary N) is 2. The maximum absolute atomic E-state index is 12.0. The zero-order valence-corrected chi connectivity index (χ0v) is 13.5. The van der Waals surface area contributed by atoms with E-state index >= 15 is 0 Å². The summed E-state index contributed by atoms with van der Waals surface area (Å²) in [7, 11) is 0. The molecule has 2 N–H and O–H groups in total. The van der Waals surface area contributed by atoms with E-state index in [1.165, 1.54) is 0 Å². The van der Waals surface area contributed by atoms with Crippen molar-refractivity contribution in [1.29, 1.82) is 0 Å². The van der Waals surface area contributed by atoms with Crippen molar-refractivity contribution >= 4 is 46.4 Å².